The van der Waals surface area contributed by atoms with Gasteiger partial charge in [-0.1, -0.05) is 0 Å². The predicted octanol–water partition coefficient (Wildman–Crippen LogP) is 1.09. The maximum atomic E-state index is 12.4. The Balaban J connectivity index is 1.13. The summed E-state index contributed by atoms with van der Waals surface area (Å²) in [6.07, 6.45) is 7.32. The van der Waals surface area contributed by atoms with Crippen LogP contribution < -0.4 is 15.6 Å². The second-order valence-electron chi connectivity index (χ2n) is 7.91. The Kier molecular flexibility index (Phi) is 4.45. The lowest BCUT2D eigenvalue weighted by atomic mass is 9.97. The van der Waals surface area contributed by atoms with Gasteiger partial charge in [0, 0.05) is 31.6 Å². The van der Waals surface area contributed by atoms with Crippen molar-refractivity contribution in [3.05, 3.63) is 24.0 Å². The second kappa shape index (κ2) is 7.09. The molecule has 2 aromatic rings. The lowest BCUT2D eigenvalue weighted by molar-refractivity contribution is -0.134. The highest BCUT2D eigenvalue weighted by Crippen LogP contribution is 2.39. The van der Waals surface area contributed by atoms with Gasteiger partial charge in [-0.2, -0.15) is 0 Å². The molecule has 4 heterocycles. The lowest BCUT2D eigenvalue weighted by Crippen LogP contribution is -2.48. The summed E-state index contributed by atoms with van der Waals surface area (Å²) in [5.41, 5.74) is 8.11. The largest absolute Gasteiger partial charge is 0.476 e. The number of nitrogens with one attached hydrogen (secondary N) is 2. The van der Waals surface area contributed by atoms with Crippen LogP contribution in [0.15, 0.2) is 18.3 Å². The van der Waals surface area contributed by atoms with Crippen LogP contribution in [0.2, 0.25) is 0 Å². The molecule has 2 aromatic heterocycles. The number of hydrazine groups is 1. The number of hydrogen-bond acceptors (Lipinski definition) is 6. The van der Waals surface area contributed by atoms with E-state index in [1.54, 1.807) is 0 Å². The van der Waals surface area contributed by atoms with Gasteiger partial charge in [-0.05, 0) is 44.1 Å². The molecular formula is C19H26N6O2. The zero-order valence-electron chi connectivity index (χ0n) is 15.4. The third-order valence-corrected chi connectivity index (χ3v) is 5.84. The number of aromatic nitrogens is 3. The van der Waals surface area contributed by atoms with Gasteiger partial charge in [0.25, 0.3) is 0 Å². The van der Waals surface area contributed by atoms with Crippen molar-refractivity contribution in [2.75, 3.05) is 26.2 Å². The van der Waals surface area contributed by atoms with Crippen LogP contribution in [-0.2, 0) is 4.79 Å². The highest BCUT2D eigenvalue weighted by molar-refractivity contribution is 5.82. The van der Waals surface area contributed by atoms with Crippen LogP contribution in [0.25, 0.3) is 5.65 Å². The summed E-state index contributed by atoms with van der Waals surface area (Å²) < 4.78 is 7.78. The van der Waals surface area contributed by atoms with Crippen LogP contribution in [0.1, 0.15) is 43.7 Å². The number of hydrogen-bond donors (Lipinski definition) is 2. The quantitative estimate of drug-likeness (QED) is 0.820. The van der Waals surface area contributed by atoms with E-state index in [0.717, 1.165) is 50.2 Å². The van der Waals surface area contributed by atoms with E-state index in [1.807, 2.05) is 27.7 Å². The first-order valence-corrected chi connectivity index (χ1v) is 10.0. The number of fused-ring (bicyclic) bond motifs is 1. The zero-order chi connectivity index (χ0) is 18.2. The molecule has 1 saturated carbocycles. The van der Waals surface area contributed by atoms with E-state index in [0.29, 0.717) is 24.3 Å². The minimum Gasteiger partial charge on any atom is -0.476 e. The standard InChI is InChI=1S/C19H26N6O2/c26-19(15-5-8-20-22-15)24-9-6-13(7-10-24)12-27-18-4-3-17-21-16(14-1-2-14)11-25(17)23-18/h3-4,11,13-15,20,22H,1-2,5-10,12H2. The van der Waals surface area contributed by atoms with Crippen molar-refractivity contribution < 1.29 is 9.53 Å². The first kappa shape index (κ1) is 16.9. The van der Waals surface area contributed by atoms with Crippen LogP contribution in [0.4, 0.5) is 0 Å². The summed E-state index contributed by atoms with van der Waals surface area (Å²) in [6.45, 7) is 3.12. The van der Waals surface area contributed by atoms with Crippen LogP contribution >= 0.6 is 0 Å². The van der Waals surface area contributed by atoms with Gasteiger partial charge in [-0.15, -0.1) is 5.10 Å². The van der Waals surface area contributed by atoms with E-state index in [-0.39, 0.29) is 11.9 Å². The number of imidazole rings is 1. The van der Waals surface area contributed by atoms with Gasteiger partial charge >= 0.3 is 0 Å². The topological polar surface area (TPSA) is 83.8 Å². The Labute approximate surface area is 158 Å². The van der Waals surface area contributed by atoms with Gasteiger partial charge in [0.1, 0.15) is 6.04 Å². The van der Waals surface area contributed by atoms with E-state index in [9.17, 15) is 4.79 Å². The van der Waals surface area contributed by atoms with Gasteiger partial charge in [-0.25, -0.2) is 14.9 Å². The number of carbonyl (C=O) groups is 1. The molecule has 27 heavy (non-hydrogen) atoms. The Hall–Kier alpha value is -2.19. The highest BCUT2D eigenvalue weighted by atomic mass is 16.5. The van der Waals surface area contributed by atoms with Crippen LogP contribution in [0.3, 0.4) is 0 Å². The van der Waals surface area contributed by atoms with E-state index in [4.69, 9.17) is 4.74 Å². The molecule has 0 bridgehead atoms. The second-order valence-corrected chi connectivity index (χ2v) is 7.91. The van der Waals surface area contributed by atoms with Crippen LogP contribution in [0, 0.1) is 5.92 Å². The molecule has 144 valence electrons. The predicted molar refractivity (Wildman–Crippen MR) is 99.3 cm³/mol. The van der Waals surface area contributed by atoms with E-state index >= 15 is 0 Å². The number of piperidine rings is 1. The summed E-state index contributed by atoms with van der Waals surface area (Å²) in [6, 6.07) is 3.80. The average molecular weight is 370 g/mol. The fourth-order valence-electron chi connectivity index (χ4n) is 3.95. The molecule has 0 spiro atoms. The van der Waals surface area contributed by atoms with Gasteiger partial charge in [0.2, 0.25) is 11.8 Å². The Morgan fingerprint density at radius 2 is 2.04 bits per heavy atom. The molecule has 8 nitrogen and oxygen atoms in total. The highest BCUT2D eigenvalue weighted by Gasteiger charge is 2.30. The maximum Gasteiger partial charge on any atom is 0.241 e. The molecular weight excluding hydrogens is 344 g/mol. The van der Waals surface area contributed by atoms with Gasteiger partial charge in [-0.3, -0.25) is 10.2 Å². The normalized spacial score (nSPS) is 23.9. The van der Waals surface area contributed by atoms with Crippen molar-refractivity contribution in [1.82, 2.24) is 30.3 Å². The Morgan fingerprint density at radius 3 is 2.78 bits per heavy atom. The average Bonchev–Trinajstić information content (AvgIpc) is 3.24. The van der Waals surface area contributed by atoms with Crippen molar-refractivity contribution in [3.63, 3.8) is 0 Å². The summed E-state index contributed by atoms with van der Waals surface area (Å²) in [4.78, 5) is 19.0. The third-order valence-electron chi connectivity index (χ3n) is 5.84. The number of rotatable bonds is 5. The molecule has 0 radical (unpaired) electrons. The molecule has 3 aliphatic rings. The number of nitrogens with zero attached hydrogens (tertiary/aromatic N) is 4. The monoisotopic (exact) mass is 370 g/mol. The first-order valence-electron chi connectivity index (χ1n) is 10.0. The summed E-state index contributed by atoms with van der Waals surface area (Å²) in [7, 11) is 0. The first-order chi connectivity index (χ1) is 13.3. The van der Waals surface area contributed by atoms with Crippen molar-refractivity contribution in [2.45, 2.75) is 44.1 Å². The molecule has 1 amide bonds. The number of ether oxygens (including phenoxy) is 1. The third kappa shape index (κ3) is 3.64. The van der Waals surface area contributed by atoms with Crippen molar-refractivity contribution >= 4 is 11.6 Å². The lowest BCUT2D eigenvalue weighted by Gasteiger charge is -2.33. The molecule has 3 fully saturated rings. The number of carbonyl (C=O) groups excluding carboxylic acids is 1. The molecule has 1 aliphatic carbocycles. The fraction of sp³-hybridized carbons (Fsp3) is 0.632. The number of likely N-dealkylation sites (tertiary alicyclic amines) is 1. The molecule has 1 unspecified atom stereocenters. The van der Waals surface area contributed by atoms with Crippen LogP contribution in [-0.4, -0.2) is 57.7 Å². The SMILES string of the molecule is O=C(C1CCNN1)N1CCC(COc2ccc3nc(C4CC4)cn3n2)CC1. The molecule has 8 heteroatoms. The van der Waals surface area contributed by atoms with Gasteiger partial charge < -0.3 is 9.64 Å². The molecule has 2 saturated heterocycles. The maximum absolute atomic E-state index is 12.4. The Morgan fingerprint density at radius 1 is 1.19 bits per heavy atom. The molecule has 0 aromatic carbocycles. The molecule has 2 aliphatic heterocycles. The van der Waals surface area contributed by atoms with Crippen molar-refractivity contribution in [3.8, 4) is 5.88 Å². The van der Waals surface area contributed by atoms with E-state index in [1.165, 1.54) is 12.8 Å². The summed E-state index contributed by atoms with van der Waals surface area (Å²) in [5, 5.41) is 4.54. The zero-order valence-corrected chi connectivity index (χ0v) is 15.4. The fourth-order valence-corrected chi connectivity index (χ4v) is 3.95. The van der Waals surface area contributed by atoms with Gasteiger partial charge in [0.15, 0.2) is 5.65 Å². The molecule has 1 atom stereocenters. The van der Waals surface area contributed by atoms with Gasteiger partial charge in [0.05, 0.1) is 18.5 Å². The van der Waals surface area contributed by atoms with Crippen molar-refractivity contribution in [1.29, 1.82) is 0 Å². The minimum atomic E-state index is -0.0653. The molecule has 5 rings (SSSR count). The summed E-state index contributed by atoms with van der Waals surface area (Å²) in [5.74, 6) is 1.95. The van der Waals surface area contributed by atoms with Crippen molar-refractivity contribution in [2.24, 2.45) is 5.92 Å². The van der Waals surface area contributed by atoms with E-state index < -0.39 is 0 Å². The number of amides is 1. The minimum absolute atomic E-state index is 0.0653. The Bertz CT molecular complexity index is 819. The smallest absolute Gasteiger partial charge is 0.241 e. The summed E-state index contributed by atoms with van der Waals surface area (Å²) >= 11 is 0. The van der Waals surface area contributed by atoms with Crippen LogP contribution in [0.5, 0.6) is 5.88 Å². The van der Waals surface area contributed by atoms with E-state index in [2.05, 4.69) is 20.9 Å². The molecule has 2 N–H and O–H groups in total.